The zero-order valence-electron chi connectivity index (χ0n) is 14.2. The van der Waals surface area contributed by atoms with Crippen molar-refractivity contribution in [3.63, 3.8) is 0 Å². The predicted octanol–water partition coefficient (Wildman–Crippen LogP) is 3.77. The van der Waals surface area contributed by atoms with Crippen LogP contribution in [-0.2, 0) is 0 Å². The van der Waals surface area contributed by atoms with Gasteiger partial charge in [-0.25, -0.2) is 0 Å². The summed E-state index contributed by atoms with van der Waals surface area (Å²) in [5, 5.41) is 3.60. The lowest BCUT2D eigenvalue weighted by Gasteiger charge is -2.39. The summed E-state index contributed by atoms with van der Waals surface area (Å²) in [5.74, 6) is 3.68. The Balaban J connectivity index is 1.85. The quantitative estimate of drug-likeness (QED) is 0.797. The molecule has 2 heteroatoms. The van der Waals surface area contributed by atoms with Crippen molar-refractivity contribution >= 4 is 0 Å². The van der Waals surface area contributed by atoms with Gasteiger partial charge in [0.1, 0.15) is 0 Å². The van der Waals surface area contributed by atoms with Gasteiger partial charge in [0, 0.05) is 19.1 Å². The van der Waals surface area contributed by atoms with Crippen LogP contribution in [0.2, 0.25) is 0 Å². The summed E-state index contributed by atoms with van der Waals surface area (Å²) in [6.07, 6.45) is 8.49. The molecule has 0 spiro atoms. The number of nitrogens with one attached hydrogen (secondary N) is 1. The molecule has 0 aromatic carbocycles. The van der Waals surface area contributed by atoms with Crippen molar-refractivity contribution < 1.29 is 0 Å². The molecule has 0 radical (unpaired) electrons. The van der Waals surface area contributed by atoms with E-state index in [9.17, 15) is 0 Å². The van der Waals surface area contributed by atoms with Crippen LogP contribution >= 0.6 is 0 Å². The maximum Gasteiger partial charge on any atom is 0.0105 e. The molecule has 2 aliphatic rings. The van der Waals surface area contributed by atoms with Crippen molar-refractivity contribution in [3.05, 3.63) is 0 Å². The minimum absolute atomic E-state index is 0.759. The highest BCUT2D eigenvalue weighted by Gasteiger charge is 2.33. The molecule has 4 atom stereocenters. The van der Waals surface area contributed by atoms with Crippen LogP contribution in [0, 0.1) is 23.7 Å². The summed E-state index contributed by atoms with van der Waals surface area (Å²) >= 11 is 0. The van der Waals surface area contributed by atoms with E-state index < -0.39 is 0 Å². The Morgan fingerprint density at radius 1 is 1.20 bits per heavy atom. The van der Waals surface area contributed by atoms with E-state index in [4.69, 9.17) is 0 Å². The second kappa shape index (κ2) is 7.79. The van der Waals surface area contributed by atoms with Crippen molar-refractivity contribution in [3.8, 4) is 0 Å². The summed E-state index contributed by atoms with van der Waals surface area (Å²) < 4.78 is 0. The minimum Gasteiger partial charge on any atom is -0.317 e. The van der Waals surface area contributed by atoms with Gasteiger partial charge in [-0.15, -0.1) is 0 Å². The molecule has 2 rings (SSSR count). The Kier molecular flexibility index (Phi) is 6.35. The fourth-order valence-corrected chi connectivity index (χ4v) is 4.54. The highest BCUT2D eigenvalue weighted by atomic mass is 15.2. The van der Waals surface area contributed by atoms with Gasteiger partial charge >= 0.3 is 0 Å². The predicted molar refractivity (Wildman–Crippen MR) is 88.0 cm³/mol. The third-order valence-corrected chi connectivity index (χ3v) is 5.90. The summed E-state index contributed by atoms with van der Waals surface area (Å²) in [5.41, 5.74) is 0. The van der Waals surface area contributed by atoms with E-state index in [1.54, 1.807) is 0 Å². The van der Waals surface area contributed by atoms with Gasteiger partial charge in [0.15, 0.2) is 0 Å². The van der Waals surface area contributed by atoms with Gasteiger partial charge in [0.25, 0.3) is 0 Å². The van der Waals surface area contributed by atoms with Crippen molar-refractivity contribution in [1.29, 1.82) is 0 Å². The summed E-state index contributed by atoms with van der Waals surface area (Å²) in [4.78, 5) is 2.76. The summed E-state index contributed by atoms with van der Waals surface area (Å²) in [6, 6.07) is 0.759. The molecule has 1 heterocycles. The van der Waals surface area contributed by atoms with Crippen molar-refractivity contribution in [2.45, 2.75) is 65.3 Å². The van der Waals surface area contributed by atoms with E-state index in [2.05, 4.69) is 38.0 Å². The monoisotopic (exact) mass is 280 g/mol. The van der Waals surface area contributed by atoms with Gasteiger partial charge in [0.2, 0.25) is 0 Å². The average Bonchev–Trinajstić information content (AvgIpc) is 2.86. The van der Waals surface area contributed by atoms with Crippen LogP contribution in [0.3, 0.4) is 0 Å². The third kappa shape index (κ3) is 4.21. The largest absolute Gasteiger partial charge is 0.317 e. The van der Waals surface area contributed by atoms with Gasteiger partial charge < -0.3 is 10.2 Å². The molecule has 0 aromatic heterocycles. The molecule has 1 saturated carbocycles. The van der Waals surface area contributed by atoms with Gasteiger partial charge in [-0.05, 0) is 69.4 Å². The number of hydrogen-bond acceptors (Lipinski definition) is 2. The summed E-state index contributed by atoms with van der Waals surface area (Å²) in [7, 11) is 2.16. The molecule has 0 amide bonds. The van der Waals surface area contributed by atoms with E-state index in [0.717, 1.165) is 29.7 Å². The van der Waals surface area contributed by atoms with Crippen LogP contribution in [0.25, 0.3) is 0 Å². The number of hydrogen-bond donors (Lipinski definition) is 1. The molecule has 118 valence electrons. The summed E-state index contributed by atoms with van der Waals surface area (Å²) in [6.45, 7) is 11.2. The molecular weight excluding hydrogens is 244 g/mol. The lowest BCUT2D eigenvalue weighted by molar-refractivity contribution is 0.134. The third-order valence-electron chi connectivity index (χ3n) is 5.90. The van der Waals surface area contributed by atoms with Gasteiger partial charge in [0.05, 0.1) is 0 Å². The first kappa shape index (κ1) is 16.3. The first-order valence-electron chi connectivity index (χ1n) is 9.03. The van der Waals surface area contributed by atoms with Crippen LogP contribution in [-0.4, -0.2) is 37.6 Å². The molecule has 4 unspecified atom stereocenters. The lowest BCUT2D eigenvalue weighted by atomic mass is 9.73. The Hall–Kier alpha value is -0.0800. The van der Waals surface area contributed by atoms with Crippen molar-refractivity contribution in [2.75, 3.05) is 26.7 Å². The van der Waals surface area contributed by atoms with Gasteiger partial charge in [-0.2, -0.15) is 0 Å². The molecule has 20 heavy (non-hydrogen) atoms. The first-order valence-corrected chi connectivity index (χ1v) is 9.03. The number of likely N-dealkylation sites (tertiary alicyclic amines) is 1. The fourth-order valence-electron chi connectivity index (χ4n) is 4.54. The molecule has 1 N–H and O–H groups in total. The standard InChI is InChI=1S/C18H36N2/c1-5-6-15-9-10-20(12-15)13-17-11-16(14(2)3)7-8-18(17)19-4/h14-19H,5-13H2,1-4H3. The maximum atomic E-state index is 3.60. The minimum atomic E-state index is 0.759. The van der Waals surface area contributed by atoms with Crippen LogP contribution in [0.15, 0.2) is 0 Å². The van der Waals surface area contributed by atoms with E-state index in [-0.39, 0.29) is 0 Å². The van der Waals surface area contributed by atoms with E-state index in [0.29, 0.717) is 0 Å². The SMILES string of the molecule is CCCC1CCN(CC2CC(C(C)C)CCC2NC)C1. The Labute approximate surface area is 126 Å². The lowest BCUT2D eigenvalue weighted by Crippen LogP contribution is -2.45. The van der Waals surface area contributed by atoms with Crippen LogP contribution in [0.5, 0.6) is 0 Å². The number of rotatable bonds is 6. The van der Waals surface area contributed by atoms with Crippen molar-refractivity contribution in [2.24, 2.45) is 23.7 Å². The highest BCUT2D eigenvalue weighted by Crippen LogP contribution is 2.35. The molecule has 2 fully saturated rings. The van der Waals surface area contributed by atoms with E-state index >= 15 is 0 Å². The van der Waals surface area contributed by atoms with Gasteiger partial charge in [-0.3, -0.25) is 0 Å². The molecule has 0 aromatic rings. The second-order valence-electron chi connectivity index (χ2n) is 7.68. The molecule has 1 aliphatic carbocycles. The number of nitrogens with zero attached hydrogens (tertiary/aromatic N) is 1. The van der Waals surface area contributed by atoms with E-state index in [1.807, 2.05) is 0 Å². The Morgan fingerprint density at radius 3 is 2.65 bits per heavy atom. The topological polar surface area (TPSA) is 15.3 Å². The van der Waals surface area contributed by atoms with Crippen LogP contribution < -0.4 is 5.32 Å². The Bertz CT molecular complexity index is 277. The molecule has 1 saturated heterocycles. The molecule has 1 aliphatic heterocycles. The normalized spacial score (nSPS) is 35.9. The maximum absolute atomic E-state index is 3.60. The molecule has 2 nitrogen and oxygen atoms in total. The van der Waals surface area contributed by atoms with Crippen molar-refractivity contribution in [1.82, 2.24) is 10.2 Å². The zero-order chi connectivity index (χ0) is 14.5. The highest BCUT2D eigenvalue weighted by molar-refractivity contribution is 4.88. The van der Waals surface area contributed by atoms with Crippen LogP contribution in [0.1, 0.15) is 59.3 Å². The molecule has 0 bridgehead atoms. The first-order chi connectivity index (χ1) is 9.63. The second-order valence-corrected chi connectivity index (χ2v) is 7.68. The van der Waals surface area contributed by atoms with Crippen LogP contribution in [0.4, 0.5) is 0 Å². The van der Waals surface area contributed by atoms with E-state index in [1.165, 1.54) is 58.2 Å². The fraction of sp³-hybridized carbons (Fsp3) is 1.00. The molecular formula is C18H36N2. The average molecular weight is 281 g/mol. The smallest absolute Gasteiger partial charge is 0.0105 e. The Morgan fingerprint density at radius 2 is 2.00 bits per heavy atom. The zero-order valence-corrected chi connectivity index (χ0v) is 14.2. The van der Waals surface area contributed by atoms with Gasteiger partial charge in [-0.1, -0.05) is 27.2 Å².